The lowest BCUT2D eigenvalue weighted by atomic mass is 10.1. The van der Waals surface area contributed by atoms with Crippen molar-refractivity contribution in [3.8, 4) is 17.0 Å². The second-order valence-electron chi connectivity index (χ2n) is 4.80. The van der Waals surface area contributed by atoms with Crippen LogP contribution in [-0.4, -0.2) is 16.7 Å². The Morgan fingerprint density at radius 3 is 2.43 bits per heavy atom. The molecule has 0 saturated heterocycles. The van der Waals surface area contributed by atoms with E-state index in [4.69, 9.17) is 10.5 Å². The Kier molecular flexibility index (Phi) is 3.60. The lowest BCUT2D eigenvalue weighted by Gasteiger charge is -2.10. The van der Waals surface area contributed by atoms with E-state index in [-0.39, 0.29) is 0 Å². The number of anilines is 1. The predicted molar refractivity (Wildman–Crippen MR) is 84.2 cm³/mol. The molecule has 2 aromatic carbocycles. The first-order valence-corrected chi connectivity index (χ1v) is 6.77. The van der Waals surface area contributed by atoms with Gasteiger partial charge in [-0.25, -0.2) is 4.98 Å². The Bertz CT molecular complexity index is 718. The first-order chi connectivity index (χ1) is 10.3. The molecule has 0 atom stereocenters. The molecule has 2 N–H and O–H groups in total. The number of nitrogens with two attached hydrogens (primary N) is 1. The Hall–Kier alpha value is -2.75. The lowest BCUT2D eigenvalue weighted by Crippen LogP contribution is -2.06. The fourth-order valence-electron chi connectivity index (χ4n) is 2.31. The standard InChI is InChI=1S/C17H17N3O/c1-21-15-9-7-13(8-10-15)12-20-16(11-19-17(20)18)14-5-3-2-4-6-14/h2-11H,12H2,1H3,(H2,18,19). The summed E-state index contributed by atoms with van der Waals surface area (Å²) in [7, 11) is 1.66. The molecule has 4 nitrogen and oxygen atoms in total. The average Bonchev–Trinajstić information content (AvgIpc) is 2.90. The van der Waals surface area contributed by atoms with Gasteiger partial charge in [-0.3, -0.25) is 0 Å². The van der Waals surface area contributed by atoms with Gasteiger partial charge in [-0.1, -0.05) is 42.5 Å². The normalized spacial score (nSPS) is 10.5. The van der Waals surface area contributed by atoms with Crippen molar-refractivity contribution < 1.29 is 4.74 Å². The largest absolute Gasteiger partial charge is 0.497 e. The number of hydrogen-bond acceptors (Lipinski definition) is 3. The van der Waals surface area contributed by atoms with Gasteiger partial charge < -0.3 is 15.0 Å². The number of methoxy groups -OCH3 is 1. The number of nitrogens with zero attached hydrogens (tertiary/aromatic N) is 2. The number of nitrogen functional groups attached to an aromatic ring is 1. The van der Waals surface area contributed by atoms with E-state index < -0.39 is 0 Å². The third-order valence-corrected chi connectivity index (χ3v) is 3.46. The quantitative estimate of drug-likeness (QED) is 0.798. The molecule has 3 aromatic rings. The van der Waals surface area contributed by atoms with E-state index in [1.54, 1.807) is 7.11 Å². The molecule has 3 rings (SSSR count). The van der Waals surface area contributed by atoms with Crippen LogP contribution >= 0.6 is 0 Å². The predicted octanol–water partition coefficient (Wildman–Crippen LogP) is 3.19. The first kappa shape index (κ1) is 13.2. The summed E-state index contributed by atoms with van der Waals surface area (Å²) in [5.74, 6) is 1.37. The minimum atomic E-state index is 0.518. The number of hydrogen-bond donors (Lipinski definition) is 1. The van der Waals surface area contributed by atoms with Crippen LogP contribution in [0.3, 0.4) is 0 Å². The van der Waals surface area contributed by atoms with Gasteiger partial charge in [0.05, 0.1) is 25.5 Å². The molecule has 0 amide bonds. The van der Waals surface area contributed by atoms with E-state index >= 15 is 0 Å². The number of aromatic nitrogens is 2. The molecule has 0 fully saturated rings. The lowest BCUT2D eigenvalue weighted by molar-refractivity contribution is 0.414. The summed E-state index contributed by atoms with van der Waals surface area (Å²) in [4.78, 5) is 4.24. The Morgan fingerprint density at radius 2 is 1.76 bits per heavy atom. The van der Waals surface area contributed by atoms with Crippen LogP contribution in [0.2, 0.25) is 0 Å². The SMILES string of the molecule is COc1ccc(Cn2c(-c3ccccc3)cnc2N)cc1. The summed E-state index contributed by atoms with van der Waals surface area (Å²) in [6, 6.07) is 18.1. The van der Waals surface area contributed by atoms with Crippen LogP contribution in [0.15, 0.2) is 60.8 Å². The molecular formula is C17H17N3O. The highest BCUT2D eigenvalue weighted by atomic mass is 16.5. The fourth-order valence-corrected chi connectivity index (χ4v) is 2.31. The summed E-state index contributed by atoms with van der Waals surface area (Å²) in [5, 5.41) is 0. The third kappa shape index (κ3) is 2.74. The van der Waals surface area contributed by atoms with Gasteiger partial charge in [0.15, 0.2) is 0 Å². The van der Waals surface area contributed by atoms with Crippen molar-refractivity contribution in [1.82, 2.24) is 9.55 Å². The fraction of sp³-hybridized carbons (Fsp3) is 0.118. The van der Waals surface area contributed by atoms with Crippen LogP contribution in [0.4, 0.5) is 5.95 Å². The van der Waals surface area contributed by atoms with Crippen molar-refractivity contribution in [1.29, 1.82) is 0 Å². The summed E-state index contributed by atoms with van der Waals surface area (Å²) >= 11 is 0. The Balaban J connectivity index is 1.93. The molecule has 0 aliphatic heterocycles. The van der Waals surface area contributed by atoms with Gasteiger partial charge in [0.2, 0.25) is 5.95 Å². The van der Waals surface area contributed by atoms with Crippen LogP contribution < -0.4 is 10.5 Å². The van der Waals surface area contributed by atoms with Crippen LogP contribution in [-0.2, 0) is 6.54 Å². The van der Waals surface area contributed by atoms with Gasteiger partial charge in [-0.2, -0.15) is 0 Å². The molecule has 0 radical (unpaired) electrons. The molecule has 0 spiro atoms. The molecule has 4 heteroatoms. The summed E-state index contributed by atoms with van der Waals surface area (Å²) in [6.45, 7) is 0.681. The molecule has 106 valence electrons. The first-order valence-electron chi connectivity index (χ1n) is 6.77. The maximum Gasteiger partial charge on any atom is 0.200 e. The zero-order valence-electron chi connectivity index (χ0n) is 11.9. The van der Waals surface area contributed by atoms with E-state index in [0.717, 1.165) is 22.6 Å². The van der Waals surface area contributed by atoms with Crippen molar-refractivity contribution in [3.05, 3.63) is 66.4 Å². The highest BCUT2D eigenvalue weighted by molar-refractivity contribution is 5.61. The van der Waals surface area contributed by atoms with Crippen molar-refractivity contribution in [2.45, 2.75) is 6.54 Å². The molecule has 1 heterocycles. The summed E-state index contributed by atoms with van der Waals surface area (Å²) < 4.78 is 7.19. The molecule has 0 unspecified atom stereocenters. The molecule has 0 saturated carbocycles. The van der Waals surface area contributed by atoms with Crippen LogP contribution in [0, 0.1) is 0 Å². The number of benzene rings is 2. The minimum absolute atomic E-state index is 0.518. The highest BCUT2D eigenvalue weighted by Crippen LogP contribution is 2.23. The van der Waals surface area contributed by atoms with Gasteiger partial charge in [0, 0.05) is 0 Å². The van der Waals surface area contributed by atoms with Crippen molar-refractivity contribution in [3.63, 3.8) is 0 Å². The monoisotopic (exact) mass is 279 g/mol. The number of rotatable bonds is 4. The van der Waals surface area contributed by atoms with Gasteiger partial charge in [0.25, 0.3) is 0 Å². The molecule has 0 aliphatic carbocycles. The Labute approximate surface area is 123 Å². The molecule has 0 aliphatic rings. The zero-order chi connectivity index (χ0) is 14.7. The maximum absolute atomic E-state index is 6.01. The minimum Gasteiger partial charge on any atom is -0.497 e. The highest BCUT2D eigenvalue weighted by Gasteiger charge is 2.09. The van der Waals surface area contributed by atoms with Gasteiger partial charge in [-0.15, -0.1) is 0 Å². The van der Waals surface area contributed by atoms with Crippen LogP contribution in [0.5, 0.6) is 5.75 Å². The molecule has 21 heavy (non-hydrogen) atoms. The van der Waals surface area contributed by atoms with E-state index in [2.05, 4.69) is 17.1 Å². The van der Waals surface area contributed by atoms with Crippen molar-refractivity contribution >= 4 is 5.95 Å². The van der Waals surface area contributed by atoms with Gasteiger partial charge >= 0.3 is 0 Å². The second-order valence-corrected chi connectivity index (χ2v) is 4.80. The third-order valence-electron chi connectivity index (χ3n) is 3.46. The van der Waals surface area contributed by atoms with Crippen LogP contribution in [0.25, 0.3) is 11.3 Å². The summed E-state index contributed by atoms with van der Waals surface area (Å²) in [6.07, 6.45) is 1.81. The average molecular weight is 279 g/mol. The molecule has 0 bridgehead atoms. The van der Waals surface area contributed by atoms with Gasteiger partial charge in [0.1, 0.15) is 5.75 Å². The van der Waals surface area contributed by atoms with E-state index in [9.17, 15) is 0 Å². The second kappa shape index (κ2) is 5.71. The smallest absolute Gasteiger partial charge is 0.200 e. The zero-order valence-corrected chi connectivity index (χ0v) is 11.9. The van der Waals surface area contributed by atoms with Crippen molar-refractivity contribution in [2.75, 3.05) is 12.8 Å². The van der Waals surface area contributed by atoms with E-state index in [0.29, 0.717) is 12.5 Å². The topological polar surface area (TPSA) is 53.1 Å². The maximum atomic E-state index is 6.01. The van der Waals surface area contributed by atoms with Gasteiger partial charge in [-0.05, 0) is 23.3 Å². The molecule has 1 aromatic heterocycles. The Morgan fingerprint density at radius 1 is 1.05 bits per heavy atom. The van der Waals surface area contributed by atoms with Crippen molar-refractivity contribution in [2.24, 2.45) is 0 Å². The number of ether oxygens (including phenoxy) is 1. The number of imidazole rings is 1. The van der Waals surface area contributed by atoms with E-state index in [1.807, 2.05) is 53.2 Å². The molecular weight excluding hydrogens is 262 g/mol. The van der Waals surface area contributed by atoms with Crippen LogP contribution in [0.1, 0.15) is 5.56 Å². The summed E-state index contributed by atoms with van der Waals surface area (Å²) in [5.41, 5.74) is 9.28. The van der Waals surface area contributed by atoms with E-state index in [1.165, 1.54) is 0 Å².